The van der Waals surface area contributed by atoms with Crippen LogP contribution in [0.3, 0.4) is 0 Å². The summed E-state index contributed by atoms with van der Waals surface area (Å²) in [4.78, 5) is 13.9. The summed E-state index contributed by atoms with van der Waals surface area (Å²) in [7, 11) is 0. The average Bonchev–Trinajstić information content (AvgIpc) is 2.38. The predicted octanol–water partition coefficient (Wildman–Crippen LogP) is -3.69. The van der Waals surface area contributed by atoms with Gasteiger partial charge in [-0.15, -0.1) is 0 Å². The number of ketones is 1. The third-order valence-corrected chi connectivity index (χ3v) is 2.86. The fourth-order valence-corrected chi connectivity index (χ4v) is 1.68. The smallest absolute Gasteiger partial charge is 0.273 e. The van der Waals surface area contributed by atoms with E-state index in [1.165, 1.54) is 0 Å². The van der Waals surface area contributed by atoms with Crippen molar-refractivity contribution in [1.29, 1.82) is 0 Å². The van der Waals surface area contributed by atoms with E-state index in [0.29, 0.717) is 0 Å². The van der Waals surface area contributed by atoms with E-state index in [0.717, 1.165) is 0 Å². The number of azide groups is 1. The van der Waals surface area contributed by atoms with Crippen molar-refractivity contribution < 1.29 is 35.1 Å². The van der Waals surface area contributed by atoms with E-state index in [2.05, 4.69) is 14.8 Å². The number of hydrogen-bond donors (Lipinski definition) is 6. The van der Waals surface area contributed by atoms with Crippen LogP contribution in [-0.2, 0) is 9.53 Å². The summed E-state index contributed by atoms with van der Waals surface area (Å²) in [5, 5.41) is 50.6. The minimum Gasteiger partial charge on any atom is -0.394 e. The van der Waals surface area contributed by atoms with Crippen LogP contribution in [0.5, 0.6) is 0 Å². The Balaban J connectivity index is 3.14. The molecule has 0 spiro atoms. The number of nitrogens with two attached hydrogens (primary N) is 1. The van der Waals surface area contributed by atoms with Crippen molar-refractivity contribution in [2.24, 2.45) is 10.8 Å². The van der Waals surface area contributed by atoms with Gasteiger partial charge in [0.25, 0.3) is 5.79 Å². The van der Waals surface area contributed by atoms with Crippen molar-refractivity contribution in [2.45, 2.75) is 29.8 Å². The first-order valence-electron chi connectivity index (χ1n) is 5.15. The van der Waals surface area contributed by atoms with Gasteiger partial charge in [0.05, 0.1) is 13.2 Å². The summed E-state index contributed by atoms with van der Waals surface area (Å²) in [6, 6.07) is 0. The van der Waals surface area contributed by atoms with Gasteiger partial charge >= 0.3 is 0 Å². The molecule has 1 aliphatic heterocycles. The summed E-state index contributed by atoms with van der Waals surface area (Å²) in [6.07, 6.45) is -5.55. The minimum atomic E-state index is -3.13. The summed E-state index contributed by atoms with van der Waals surface area (Å²) in [5.74, 6) is -4.47. The molecule has 0 aromatic carbocycles. The molecule has 0 radical (unpaired) electrons. The SMILES string of the molecule is [N-]=[N+]=NCC(=O)C1(O)O[C@H](CO)[C@@H](O)[C@H](O)[C@@]1(N)O. The highest BCUT2D eigenvalue weighted by molar-refractivity contribution is 5.89. The lowest BCUT2D eigenvalue weighted by Gasteiger charge is -2.49. The molecule has 5 atom stereocenters. The van der Waals surface area contributed by atoms with Gasteiger partial charge in [-0.05, 0) is 5.53 Å². The minimum absolute atomic E-state index is 0.856. The van der Waals surface area contributed by atoms with E-state index in [-0.39, 0.29) is 0 Å². The first-order valence-corrected chi connectivity index (χ1v) is 5.15. The molecular formula is C8H14N4O7. The predicted molar refractivity (Wildman–Crippen MR) is 57.1 cm³/mol. The fraction of sp³-hybridized carbons (Fsp3) is 0.875. The number of aliphatic hydroxyl groups is 5. The van der Waals surface area contributed by atoms with Gasteiger partial charge in [0.15, 0.2) is 0 Å². The van der Waals surface area contributed by atoms with Crippen LogP contribution in [0.2, 0.25) is 0 Å². The first kappa shape index (κ1) is 15.8. The summed E-state index contributed by atoms with van der Waals surface area (Å²) >= 11 is 0. The van der Waals surface area contributed by atoms with Crippen LogP contribution in [0, 0.1) is 0 Å². The molecular weight excluding hydrogens is 264 g/mol. The maximum atomic E-state index is 11.7. The number of ether oxygens (including phenoxy) is 1. The van der Waals surface area contributed by atoms with Crippen molar-refractivity contribution in [2.75, 3.05) is 13.2 Å². The second-order valence-corrected chi connectivity index (χ2v) is 4.06. The van der Waals surface area contributed by atoms with E-state index in [9.17, 15) is 25.2 Å². The monoisotopic (exact) mass is 278 g/mol. The van der Waals surface area contributed by atoms with Crippen LogP contribution in [0.15, 0.2) is 5.11 Å². The van der Waals surface area contributed by atoms with E-state index < -0.39 is 48.8 Å². The van der Waals surface area contributed by atoms with E-state index in [1.807, 2.05) is 0 Å². The molecule has 7 N–H and O–H groups in total. The van der Waals surface area contributed by atoms with Crippen molar-refractivity contribution in [3.63, 3.8) is 0 Å². The Morgan fingerprint density at radius 1 is 1.47 bits per heavy atom. The van der Waals surface area contributed by atoms with E-state index in [4.69, 9.17) is 16.4 Å². The number of carbonyl (C=O) groups is 1. The number of aliphatic hydroxyl groups excluding tert-OH is 3. The van der Waals surface area contributed by atoms with E-state index >= 15 is 0 Å². The Bertz CT molecular complexity index is 410. The van der Waals surface area contributed by atoms with Gasteiger partial charge in [0.2, 0.25) is 11.5 Å². The Hall–Kier alpha value is -1.30. The van der Waals surface area contributed by atoms with Crippen LogP contribution in [0.1, 0.15) is 0 Å². The topological polar surface area (TPSA) is 202 Å². The number of carbonyl (C=O) groups excluding carboxylic acids is 1. The van der Waals surface area contributed by atoms with Crippen LogP contribution in [0.4, 0.5) is 0 Å². The van der Waals surface area contributed by atoms with Crippen LogP contribution >= 0.6 is 0 Å². The highest BCUT2D eigenvalue weighted by atomic mass is 16.7. The van der Waals surface area contributed by atoms with Gasteiger partial charge in [-0.1, -0.05) is 5.11 Å². The lowest BCUT2D eigenvalue weighted by molar-refractivity contribution is -0.368. The highest BCUT2D eigenvalue weighted by Crippen LogP contribution is 2.34. The molecule has 0 bridgehead atoms. The lowest BCUT2D eigenvalue weighted by atomic mass is 9.85. The normalized spacial score (nSPS) is 42.5. The zero-order chi connectivity index (χ0) is 14.8. The Labute approximate surface area is 106 Å². The van der Waals surface area contributed by atoms with Gasteiger partial charge in [0.1, 0.15) is 18.3 Å². The molecule has 0 aromatic rings. The van der Waals surface area contributed by atoms with Crippen molar-refractivity contribution >= 4 is 5.78 Å². The molecule has 0 aliphatic carbocycles. The van der Waals surface area contributed by atoms with Crippen molar-refractivity contribution in [3.05, 3.63) is 10.4 Å². The highest BCUT2D eigenvalue weighted by Gasteiger charge is 2.65. The standard InChI is InChI=1S/C8H14N4O7/c9-7(17)6(16)5(15)3(2-13)19-8(7,18)4(14)1-11-12-10/h3,5-6,13,15-18H,1-2,9H2/t3-,5-,6+,7-,8?/m1/s1. The zero-order valence-electron chi connectivity index (χ0n) is 9.62. The zero-order valence-corrected chi connectivity index (χ0v) is 9.62. The quantitative estimate of drug-likeness (QED) is 0.130. The molecule has 1 unspecified atom stereocenters. The molecule has 0 amide bonds. The molecule has 1 heterocycles. The Morgan fingerprint density at radius 3 is 2.53 bits per heavy atom. The second kappa shape index (κ2) is 5.36. The third-order valence-electron chi connectivity index (χ3n) is 2.86. The molecule has 108 valence electrons. The van der Waals surface area contributed by atoms with Gasteiger partial charge in [-0.2, -0.15) is 0 Å². The molecule has 0 aromatic heterocycles. The molecule has 1 fully saturated rings. The molecule has 0 saturated carbocycles. The third kappa shape index (κ3) is 2.41. The van der Waals surface area contributed by atoms with Crippen LogP contribution in [-0.4, -0.2) is 74.3 Å². The molecule has 11 nitrogen and oxygen atoms in total. The molecule has 11 heteroatoms. The van der Waals surface area contributed by atoms with Crippen molar-refractivity contribution in [3.8, 4) is 0 Å². The molecule has 1 aliphatic rings. The number of rotatable bonds is 4. The number of hydrogen-bond acceptors (Lipinski definition) is 9. The Kier molecular flexibility index (Phi) is 4.45. The maximum absolute atomic E-state index is 11.7. The van der Waals surface area contributed by atoms with Gasteiger partial charge in [-0.3, -0.25) is 10.5 Å². The van der Waals surface area contributed by atoms with Crippen LogP contribution in [0.25, 0.3) is 10.4 Å². The molecule has 1 saturated heterocycles. The van der Waals surface area contributed by atoms with Gasteiger partial charge in [0, 0.05) is 4.91 Å². The van der Waals surface area contributed by atoms with Gasteiger partial charge in [-0.25, -0.2) is 0 Å². The fourth-order valence-electron chi connectivity index (χ4n) is 1.68. The lowest BCUT2D eigenvalue weighted by Crippen LogP contribution is -2.79. The maximum Gasteiger partial charge on any atom is 0.273 e. The number of nitrogens with zero attached hydrogens (tertiary/aromatic N) is 3. The first-order chi connectivity index (χ1) is 8.72. The molecule has 19 heavy (non-hydrogen) atoms. The largest absolute Gasteiger partial charge is 0.394 e. The average molecular weight is 278 g/mol. The number of Topliss-reactive ketones (excluding diaryl/α,β-unsaturated/α-hetero) is 1. The van der Waals surface area contributed by atoms with Gasteiger partial charge < -0.3 is 30.3 Å². The van der Waals surface area contributed by atoms with Crippen LogP contribution < -0.4 is 5.73 Å². The molecule has 1 rings (SSSR count). The summed E-state index contributed by atoms with van der Waals surface area (Å²) in [5.41, 5.74) is 10.3. The van der Waals surface area contributed by atoms with Crippen molar-refractivity contribution in [1.82, 2.24) is 0 Å². The second-order valence-electron chi connectivity index (χ2n) is 4.06. The summed E-state index contributed by atoms with van der Waals surface area (Å²) in [6.45, 7) is -1.76. The summed E-state index contributed by atoms with van der Waals surface area (Å²) < 4.78 is 4.67. The Morgan fingerprint density at radius 2 is 2.05 bits per heavy atom. The van der Waals surface area contributed by atoms with E-state index in [1.54, 1.807) is 0 Å².